The van der Waals surface area contributed by atoms with Crippen LogP contribution in [0.3, 0.4) is 0 Å². The van der Waals surface area contributed by atoms with Crippen LogP contribution in [0.5, 0.6) is 0 Å². The molecule has 2 N–H and O–H groups in total. The summed E-state index contributed by atoms with van der Waals surface area (Å²) in [4.78, 5) is 30.0. The Morgan fingerprint density at radius 1 is 1.11 bits per heavy atom. The molecule has 0 radical (unpaired) electrons. The molecule has 1 atom stereocenters. The van der Waals surface area contributed by atoms with Crippen molar-refractivity contribution in [2.45, 2.75) is 52.4 Å². The Hall–Kier alpha value is -3.19. The zero-order valence-electron chi connectivity index (χ0n) is 21.3. The molecule has 3 heterocycles. The van der Waals surface area contributed by atoms with Crippen molar-refractivity contribution in [3.8, 4) is 0 Å². The SMILES string of the molecule is CCC(C)C(=O)c1ccc2c(n1)c(C1CCN(CC)CC1)cn2NC.O=C(O)Cc1ccccc1. The topological polar surface area (TPSA) is 87.5 Å². The Morgan fingerprint density at radius 2 is 1.80 bits per heavy atom. The van der Waals surface area contributed by atoms with Crippen LogP contribution >= 0.6 is 0 Å². The van der Waals surface area contributed by atoms with Gasteiger partial charge in [0, 0.05) is 24.7 Å². The van der Waals surface area contributed by atoms with Crippen LogP contribution < -0.4 is 5.43 Å². The lowest BCUT2D eigenvalue weighted by atomic mass is 9.90. The third kappa shape index (κ3) is 6.69. The molecule has 0 saturated carbocycles. The van der Waals surface area contributed by atoms with E-state index in [1.807, 2.05) is 55.9 Å². The van der Waals surface area contributed by atoms with E-state index in [1.165, 1.54) is 5.56 Å². The normalized spacial score (nSPS) is 15.3. The van der Waals surface area contributed by atoms with E-state index in [2.05, 4.69) is 23.4 Å². The Bertz CT molecular complexity index is 1120. The van der Waals surface area contributed by atoms with Gasteiger partial charge in [-0.05, 0) is 62.5 Å². The van der Waals surface area contributed by atoms with Gasteiger partial charge in [-0.1, -0.05) is 51.1 Å². The Kier molecular flexibility index (Phi) is 9.43. The highest BCUT2D eigenvalue weighted by Crippen LogP contribution is 2.33. The predicted octanol–water partition coefficient (Wildman–Crippen LogP) is 4.95. The molecule has 1 aromatic carbocycles. The summed E-state index contributed by atoms with van der Waals surface area (Å²) in [6, 6.07) is 13.0. The molecule has 1 saturated heterocycles. The maximum atomic E-state index is 12.6. The number of carboxylic acid groups (broad SMARTS) is 1. The van der Waals surface area contributed by atoms with E-state index in [1.54, 1.807) is 12.1 Å². The Morgan fingerprint density at radius 3 is 2.37 bits per heavy atom. The second-order valence-electron chi connectivity index (χ2n) is 9.18. The van der Waals surface area contributed by atoms with Gasteiger partial charge in [-0.25, -0.2) is 4.98 Å². The molecule has 7 heteroatoms. The molecule has 1 aliphatic heterocycles. The van der Waals surface area contributed by atoms with Crippen molar-refractivity contribution >= 4 is 22.8 Å². The third-order valence-electron chi connectivity index (χ3n) is 6.90. The van der Waals surface area contributed by atoms with E-state index in [0.717, 1.165) is 55.5 Å². The number of ketones is 1. The van der Waals surface area contributed by atoms with Crippen molar-refractivity contribution in [2.75, 3.05) is 32.1 Å². The van der Waals surface area contributed by atoms with E-state index in [4.69, 9.17) is 10.1 Å². The van der Waals surface area contributed by atoms with Crippen LogP contribution in [0.2, 0.25) is 0 Å². The van der Waals surface area contributed by atoms with E-state index in [-0.39, 0.29) is 18.1 Å². The van der Waals surface area contributed by atoms with Crippen molar-refractivity contribution in [1.29, 1.82) is 0 Å². The van der Waals surface area contributed by atoms with Gasteiger partial charge >= 0.3 is 5.97 Å². The molecule has 2 aromatic heterocycles. The van der Waals surface area contributed by atoms with Crippen molar-refractivity contribution in [3.63, 3.8) is 0 Å². The number of nitrogens with zero attached hydrogens (tertiary/aromatic N) is 3. The number of nitrogens with one attached hydrogen (secondary N) is 1. The number of benzene rings is 1. The second kappa shape index (κ2) is 12.5. The number of aromatic nitrogens is 2. The lowest BCUT2D eigenvalue weighted by Gasteiger charge is -2.30. The summed E-state index contributed by atoms with van der Waals surface area (Å²) >= 11 is 0. The third-order valence-corrected chi connectivity index (χ3v) is 6.90. The lowest BCUT2D eigenvalue weighted by Crippen LogP contribution is -2.32. The van der Waals surface area contributed by atoms with Gasteiger partial charge in [0.05, 0.1) is 17.5 Å². The number of piperidine rings is 1. The highest BCUT2D eigenvalue weighted by molar-refractivity contribution is 5.98. The zero-order chi connectivity index (χ0) is 25.4. The van der Waals surface area contributed by atoms with Crippen molar-refractivity contribution in [2.24, 2.45) is 5.92 Å². The Balaban J connectivity index is 0.000000287. The molecule has 0 bridgehead atoms. The summed E-state index contributed by atoms with van der Waals surface area (Å²) in [5, 5.41) is 8.37. The number of rotatable bonds is 8. The number of Topliss-reactive ketones (excluding diaryl/α,β-unsaturated/α-hetero) is 1. The maximum absolute atomic E-state index is 12.6. The number of fused-ring (bicyclic) bond motifs is 1. The highest BCUT2D eigenvalue weighted by Gasteiger charge is 2.25. The first-order valence-corrected chi connectivity index (χ1v) is 12.6. The van der Waals surface area contributed by atoms with Crippen LogP contribution in [0.25, 0.3) is 11.0 Å². The molecular weight excluding hydrogens is 440 g/mol. The molecule has 1 aliphatic rings. The van der Waals surface area contributed by atoms with Crippen LogP contribution in [0.15, 0.2) is 48.7 Å². The number of hydrogen-bond donors (Lipinski definition) is 2. The number of carbonyl (C=O) groups excluding carboxylic acids is 1. The molecule has 7 nitrogen and oxygen atoms in total. The Labute approximate surface area is 208 Å². The highest BCUT2D eigenvalue weighted by atomic mass is 16.4. The number of aliphatic carboxylic acids is 1. The van der Waals surface area contributed by atoms with Crippen LogP contribution in [0, 0.1) is 5.92 Å². The zero-order valence-corrected chi connectivity index (χ0v) is 21.3. The molecule has 1 fully saturated rings. The molecular formula is C28H38N4O3. The average molecular weight is 479 g/mol. The number of hydrogen-bond acceptors (Lipinski definition) is 5. The maximum Gasteiger partial charge on any atom is 0.307 e. The molecule has 1 unspecified atom stereocenters. The van der Waals surface area contributed by atoms with Crippen LogP contribution in [0.1, 0.15) is 67.6 Å². The minimum absolute atomic E-state index is 0.0209. The van der Waals surface area contributed by atoms with E-state index >= 15 is 0 Å². The standard InChI is InChI=1S/C20H30N4O.C8H8O2/c1-5-14(3)20(25)17-7-8-18-19(22-17)16(13-24(18)21-4)15-9-11-23(6-2)12-10-15;9-8(10)6-7-4-2-1-3-5-7/h7-8,13-15,21H,5-6,9-12H2,1-4H3;1-5H,6H2,(H,9,10). The fourth-order valence-corrected chi connectivity index (χ4v) is 4.52. The summed E-state index contributed by atoms with van der Waals surface area (Å²) < 4.78 is 2.03. The fraction of sp³-hybridized carbons (Fsp3) is 0.464. The van der Waals surface area contributed by atoms with Gasteiger partial charge in [0.25, 0.3) is 0 Å². The quantitative estimate of drug-likeness (QED) is 0.446. The van der Waals surface area contributed by atoms with Gasteiger partial charge in [0.2, 0.25) is 0 Å². The fourth-order valence-electron chi connectivity index (χ4n) is 4.52. The molecule has 35 heavy (non-hydrogen) atoms. The van der Waals surface area contributed by atoms with E-state index in [9.17, 15) is 9.59 Å². The van der Waals surface area contributed by atoms with Crippen molar-refractivity contribution in [3.05, 3.63) is 65.5 Å². The minimum Gasteiger partial charge on any atom is -0.481 e. The number of carboxylic acids is 1. The minimum atomic E-state index is -0.786. The van der Waals surface area contributed by atoms with Crippen LogP contribution in [-0.2, 0) is 11.2 Å². The van der Waals surface area contributed by atoms with Crippen LogP contribution in [-0.4, -0.2) is 58.1 Å². The molecule has 0 spiro atoms. The van der Waals surface area contributed by atoms with Gasteiger partial charge < -0.3 is 15.4 Å². The summed E-state index contributed by atoms with van der Waals surface area (Å²) in [7, 11) is 1.92. The molecule has 0 amide bonds. The summed E-state index contributed by atoms with van der Waals surface area (Å²) in [6.45, 7) is 9.65. The number of pyridine rings is 1. The first kappa shape index (κ1) is 26.4. The average Bonchev–Trinajstić information content (AvgIpc) is 3.26. The van der Waals surface area contributed by atoms with E-state index < -0.39 is 5.97 Å². The first-order chi connectivity index (χ1) is 16.9. The number of carbonyl (C=O) groups is 2. The summed E-state index contributed by atoms with van der Waals surface area (Å²) in [5.74, 6) is -0.103. The van der Waals surface area contributed by atoms with Gasteiger partial charge in [-0.15, -0.1) is 0 Å². The summed E-state index contributed by atoms with van der Waals surface area (Å²) in [6.07, 6.45) is 5.43. The first-order valence-electron chi connectivity index (χ1n) is 12.6. The van der Waals surface area contributed by atoms with Crippen molar-refractivity contribution in [1.82, 2.24) is 14.6 Å². The summed E-state index contributed by atoms with van der Waals surface area (Å²) in [5.41, 5.74) is 7.97. The monoisotopic (exact) mass is 478 g/mol. The van der Waals surface area contributed by atoms with Gasteiger partial charge in [-0.2, -0.15) is 0 Å². The molecule has 3 aromatic rings. The van der Waals surface area contributed by atoms with E-state index in [0.29, 0.717) is 11.6 Å². The second-order valence-corrected chi connectivity index (χ2v) is 9.18. The molecule has 188 valence electrons. The predicted molar refractivity (Wildman–Crippen MR) is 141 cm³/mol. The van der Waals surface area contributed by atoms with Gasteiger partial charge in [-0.3, -0.25) is 14.3 Å². The van der Waals surface area contributed by atoms with Crippen molar-refractivity contribution < 1.29 is 14.7 Å². The van der Waals surface area contributed by atoms with Crippen LogP contribution in [0.4, 0.5) is 0 Å². The molecule has 4 rings (SSSR count). The molecule has 0 aliphatic carbocycles. The largest absolute Gasteiger partial charge is 0.481 e. The van der Waals surface area contributed by atoms with Gasteiger partial charge in [0.15, 0.2) is 5.78 Å². The number of likely N-dealkylation sites (tertiary alicyclic amines) is 1. The smallest absolute Gasteiger partial charge is 0.307 e. The van der Waals surface area contributed by atoms with Gasteiger partial charge in [0.1, 0.15) is 5.69 Å². The lowest BCUT2D eigenvalue weighted by molar-refractivity contribution is -0.136.